The number of nitrogens with one attached hydrogen (secondary N) is 1. The number of sulfone groups is 1. The van der Waals surface area contributed by atoms with E-state index in [1.54, 1.807) is 22.9 Å². The lowest BCUT2D eigenvalue weighted by Crippen LogP contribution is -2.17. The fourth-order valence-corrected chi connectivity index (χ4v) is 4.83. The molecule has 1 aliphatic heterocycles. The molecule has 1 aliphatic rings. The SMILES string of the molecule is O=C(Nc1c2c(nn1-c1ccccc1)CS(=O)(=O)C2)c1cccc(Br)c1. The number of halogens is 1. The van der Waals surface area contributed by atoms with Gasteiger partial charge in [0.15, 0.2) is 9.84 Å². The largest absolute Gasteiger partial charge is 0.306 e. The quantitative estimate of drug-likeness (QED) is 0.689. The molecule has 0 atom stereocenters. The highest BCUT2D eigenvalue weighted by Gasteiger charge is 2.33. The van der Waals surface area contributed by atoms with Gasteiger partial charge in [0.05, 0.1) is 22.9 Å². The average molecular weight is 432 g/mol. The van der Waals surface area contributed by atoms with Crippen LogP contribution >= 0.6 is 15.9 Å². The van der Waals surface area contributed by atoms with Crippen molar-refractivity contribution in [1.29, 1.82) is 0 Å². The second-order valence-electron chi connectivity index (χ2n) is 6.02. The number of para-hydroxylation sites is 1. The van der Waals surface area contributed by atoms with Gasteiger partial charge in [0, 0.05) is 15.6 Å². The Bertz CT molecular complexity index is 1110. The number of amides is 1. The third kappa shape index (κ3) is 3.17. The van der Waals surface area contributed by atoms with E-state index in [0.29, 0.717) is 22.6 Å². The average Bonchev–Trinajstić information content (AvgIpc) is 3.08. The summed E-state index contributed by atoms with van der Waals surface area (Å²) in [6.07, 6.45) is 0. The van der Waals surface area contributed by atoms with Crippen LogP contribution in [0.15, 0.2) is 59.1 Å². The maximum Gasteiger partial charge on any atom is 0.256 e. The minimum atomic E-state index is -3.23. The Morgan fingerprint density at radius 2 is 1.85 bits per heavy atom. The molecule has 1 N–H and O–H groups in total. The monoisotopic (exact) mass is 431 g/mol. The predicted octanol–water partition coefficient (Wildman–Crippen LogP) is 3.32. The van der Waals surface area contributed by atoms with Gasteiger partial charge in [0.25, 0.3) is 5.91 Å². The molecule has 0 spiro atoms. The van der Waals surface area contributed by atoms with Crippen LogP contribution in [0.25, 0.3) is 5.69 Å². The molecule has 2 heterocycles. The minimum Gasteiger partial charge on any atom is -0.306 e. The maximum atomic E-state index is 12.7. The van der Waals surface area contributed by atoms with E-state index in [1.165, 1.54) is 0 Å². The second kappa shape index (κ2) is 6.37. The number of carbonyl (C=O) groups excluding carboxylic acids is 1. The van der Waals surface area contributed by atoms with Crippen LogP contribution in [-0.4, -0.2) is 24.1 Å². The van der Waals surface area contributed by atoms with Gasteiger partial charge in [-0.15, -0.1) is 0 Å². The molecule has 0 unspecified atom stereocenters. The van der Waals surface area contributed by atoms with Crippen LogP contribution in [0.3, 0.4) is 0 Å². The predicted molar refractivity (Wildman–Crippen MR) is 102 cm³/mol. The first kappa shape index (κ1) is 17.0. The van der Waals surface area contributed by atoms with E-state index >= 15 is 0 Å². The van der Waals surface area contributed by atoms with Crippen molar-refractivity contribution in [2.45, 2.75) is 11.5 Å². The Balaban J connectivity index is 1.78. The molecule has 0 fully saturated rings. The lowest BCUT2D eigenvalue weighted by atomic mass is 10.2. The van der Waals surface area contributed by atoms with Gasteiger partial charge in [-0.3, -0.25) is 4.79 Å². The molecule has 1 aromatic heterocycles. The molecule has 4 rings (SSSR count). The Morgan fingerprint density at radius 3 is 2.58 bits per heavy atom. The summed E-state index contributed by atoms with van der Waals surface area (Å²) in [6.45, 7) is 0. The van der Waals surface area contributed by atoms with E-state index in [1.807, 2.05) is 36.4 Å². The van der Waals surface area contributed by atoms with Gasteiger partial charge in [-0.05, 0) is 30.3 Å². The Morgan fingerprint density at radius 1 is 1.08 bits per heavy atom. The van der Waals surface area contributed by atoms with Crippen LogP contribution in [0.1, 0.15) is 21.6 Å². The van der Waals surface area contributed by atoms with Gasteiger partial charge in [0.2, 0.25) is 0 Å². The van der Waals surface area contributed by atoms with Crippen LogP contribution in [0.2, 0.25) is 0 Å². The Kier molecular flexibility index (Phi) is 4.16. The standard InChI is InChI=1S/C18H14BrN3O3S/c19-13-6-4-5-12(9-13)18(23)20-17-15-10-26(24,25)11-16(15)21-22(17)14-7-2-1-3-8-14/h1-9H,10-11H2,(H,20,23). The van der Waals surface area contributed by atoms with Gasteiger partial charge in [0.1, 0.15) is 5.82 Å². The minimum absolute atomic E-state index is 0.109. The van der Waals surface area contributed by atoms with Gasteiger partial charge in [-0.2, -0.15) is 5.10 Å². The number of rotatable bonds is 3. The van der Waals surface area contributed by atoms with Crippen molar-refractivity contribution in [3.63, 3.8) is 0 Å². The topological polar surface area (TPSA) is 81.1 Å². The molecular formula is C18H14BrN3O3S. The Labute approximate surface area is 158 Å². The number of benzene rings is 2. The van der Waals surface area contributed by atoms with Crippen molar-refractivity contribution >= 4 is 37.5 Å². The second-order valence-corrected chi connectivity index (χ2v) is 9.00. The van der Waals surface area contributed by atoms with Crippen LogP contribution in [0, 0.1) is 0 Å². The molecule has 0 bridgehead atoms. The number of aromatic nitrogens is 2. The van der Waals surface area contributed by atoms with Crippen LogP contribution in [-0.2, 0) is 21.3 Å². The van der Waals surface area contributed by atoms with Crippen LogP contribution in [0.5, 0.6) is 0 Å². The molecule has 6 nitrogen and oxygen atoms in total. The number of nitrogens with zero attached hydrogens (tertiary/aromatic N) is 2. The van der Waals surface area contributed by atoms with Crippen molar-refractivity contribution in [2.24, 2.45) is 0 Å². The molecule has 26 heavy (non-hydrogen) atoms. The number of anilines is 1. The maximum absolute atomic E-state index is 12.7. The lowest BCUT2D eigenvalue weighted by Gasteiger charge is -2.11. The van der Waals surface area contributed by atoms with E-state index in [0.717, 1.165) is 10.2 Å². The molecule has 0 saturated heterocycles. The third-order valence-corrected chi connectivity index (χ3v) is 6.04. The highest BCUT2D eigenvalue weighted by atomic mass is 79.9. The van der Waals surface area contributed by atoms with Crippen molar-refractivity contribution in [3.8, 4) is 5.69 Å². The molecule has 3 aromatic rings. The van der Waals surface area contributed by atoms with Gasteiger partial charge in [-0.1, -0.05) is 40.2 Å². The first-order valence-electron chi connectivity index (χ1n) is 7.86. The van der Waals surface area contributed by atoms with Crippen molar-refractivity contribution in [1.82, 2.24) is 9.78 Å². The molecule has 8 heteroatoms. The first-order valence-corrected chi connectivity index (χ1v) is 10.5. The fourth-order valence-electron chi connectivity index (χ4n) is 2.94. The third-order valence-electron chi connectivity index (χ3n) is 4.11. The summed E-state index contributed by atoms with van der Waals surface area (Å²) in [5.74, 6) is -0.154. The Hall–Kier alpha value is -2.45. The van der Waals surface area contributed by atoms with E-state index in [2.05, 4.69) is 26.3 Å². The van der Waals surface area contributed by atoms with Gasteiger partial charge < -0.3 is 5.32 Å². The molecular weight excluding hydrogens is 418 g/mol. The summed E-state index contributed by atoms with van der Waals surface area (Å²) >= 11 is 3.35. The zero-order valence-electron chi connectivity index (χ0n) is 13.5. The summed E-state index contributed by atoms with van der Waals surface area (Å²) in [4.78, 5) is 12.7. The zero-order chi connectivity index (χ0) is 18.3. The lowest BCUT2D eigenvalue weighted by molar-refractivity contribution is 0.102. The summed E-state index contributed by atoms with van der Waals surface area (Å²) in [6, 6.07) is 16.3. The van der Waals surface area contributed by atoms with Gasteiger partial charge in [-0.25, -0.2) is 13.1 Å². The number of hydrogen-bond acceptors (Lipinski definition) is 4. The van der Waals surface area contributed by atoms with E-state index in [-0.39, 0.29) is 17.4 Å². The van der Waals surface area contributed by atoms with Crippen molar-refractivity contribution in [2.75, 3.05) is 5.32 Å². The number of hydrogen-bond donors (Lipinski definition) is 1. The molecule has 1 amide bonds. The molecule has 0 aliphatic carbocycles. The number of carbonyl (C=O) groups is 1. The molecule has 0 radical (unpaired) electrons. The zero-order valence-corrected chi connectivity index (χ0v) is 15.9. The molecule has 0 saturated carbocycles. The fraction of sp³-hybridized carbons (Fsp3) is 0.111. The van der Waals surface area contributed by atoms with Crippen molar-refractivity contribution < 1.29 is 13.2 Å². The van der Waals surface area contributed by atoms with Crippen molar-refractivity contribution in [3.05, 3.63) is 75.9 Å². The van der Waals surface area contributed by atoms with E-state index < -0.39 is 9.84 Å². The van der Waals surface area contributed by atoms with E-state index in [9.17, 15) is 13.2 Å². The molecule has 2 aromatic carbocycles. The summed E-state index contributed by atoms with van der Waals surface area (Å²) in [5, 5.41) is 7.28. The normalized spacial score (nSPS) is 14.8. The number of fused-ring (bicyclic) bond motifs is 1. The van der Waals surface area contributed by atoms with Crippen LogP contribution in [0.4, 0.5) is 5.82 Å². The smallest absolute Gasteiger partial charge is 0.256 e. The van der Waals surface area contributed by atoms with Gasteiger partial charge >= 0.3 is 0 Å². The highest BCUT2D eigenvalue weighted by Crippen LogP contribution is 2.33. The molecule has 132 valence electrons. The highest BCUT2D eigenvalue weighted by molar-refractivity contribution is 9.10. The van der Waals surface area contributed by atoms with E-state index in [4.69, 9.17) is 0 Å². The van der Waals surface area contributed by atoms with Crippen LogP contribution < -0.4 is 5.32 Å². The summed E-state index contributed by atoms with van der Waals surface area (Å²) < 4.78 is 26.3. The summed E-state index contributed by atoms with van der Waals surface area (Å²) in [5.41, 5.74) is 2.26. The summed E-state index contributed by atoms with van der Waals surface area (Å²) in [7, 11) is -3.23. The first-order chi connectivity index (χ1) is 12.4.